The second kappa shape index (κ2) is 13.9. The number of pyridine rings is 2. The highest BCUT2D eigenvalue weighted by Gasteiger charge is 2.34. The van der Waals surface area contributed by atoms with Gasteiger partial charge in [-0.3, -0.25) is 19.3 Å². The van der Waals surface area contributed by atoms with E-state index in [0.717, 1.165) is 31.3 Å². The zero-order valence-electron chi connectivity index (χ0n) is 23.2. The van der Waals surface area contributed by atoms with Gasteiger partial charge in [0, 0.05) is 67.4 Å². The molecule has 0 bridgehead atoms. The number of likely N-dealkylation sites (N-methyl/N-ethyl adjacent to an activating group) is 1. The number of nitrogens with one attached hydrogen (secondary N) is 2. The van der Waals surface area contributed by atoms with Crippen molar-refractivity contribution in [3.05, 3.63) is 82.2 Å². The summed E-state index contributed by atoms with van der Waals surface area (Å²) in [5.41, 5.74) is 1.13. The van der Waals surface area contributed by atoms with Crippen molar-refractivity contribution >= 4 is 29.9 Å². The van der Waals surface area contributed by atoms with E-state index in [0.29, 0.717) is 30.0 Å². The SMILES string of the molecule is CCN1CCN(Cc2ccc(C(=O)Nc3cc(C#Cc4cnc5c(c4)CC(=O)N5)ccn3)cc2C(F)(F)F)CC1.O=CO. The number of carbonyl (C=O) groups is 3. The minimum absolute atomic E-state index is 0.113. The Balaban J connectivity index is 0.00000135. The van der Waals surface area contributed by atoms with E-state index >= 15 is 0 Å². The molecule has 0 aliphatic carbocycles. The Morgan fingerprint density at radius 3 is 2.47 bits per heavy atom. The fraction of sp³-hybridized carbons (Fsp3) is 0.300. The molecular formula is C30H29F3N6O4. The third-order valence-corrected chi connectivity index (χ3v) is 6.91. The Labute approximate surface area is 245 Å². The number of hydrogen-bond donors (Lipinski definition) is 3. The van der Waals surface area contributed by atoms with Gasteiger partial charge in [0.1, 0.15) is 11.6 Å². The number of fused-ring (bicyclic) bond motifs is 1. The molecule has 1 aromatic carbocycles. The van der Waals surface area contributed by atoms with Gasteiger partial charge in [0.25, 0.3) is 12.4 Å². The molecule has 3 N–H and O–H groups in total. The molecule has 1 fully saturated rings. The van der Waals surface area contributed by atoms with Gasteiger partial charge in [0.2, 0.25) is 5.91 Å². The molecule has 224 valence electrons. The Hall–Kier alpha value is -4.80. The fourth-order valence-corrected chi connectivity index (χ4v) is 4.71. The molecular weight excluding hydrogens is 565 g/mol. The van der Waals surface area contributed by atoms with E-state index in [1.807, 2.05) is 4.90 Å². The first-order chi connectivity index (χ1) is 20.6. The van der Waals surface area contributed by atoms with Gasteiger partial charge in [-0.05, 0) is 42.4 Å². The number of halogens is 3. The van der Waals surface area contributed by atoms with Gasteiger partial charge in [-0.25, -0.2) is 9.97 Å². The number of alkyl halides is 3. The Morgan fingerprint density at radius 1 is 1.07 bits per heavy atom. The number of amides is 2. The molecule has 5 rings (SSSR count). The van der Waals surface area contributed by atoms with Crippen LogP contribution in [0.2, 0.25) is 0 Å². The number of carboxylic acid groups (broad SMARTS) is 1. The van der Waals surface area contributed by atoms with Crippen molar-refractivity contribution in [1.82, 2.24) is 19.8 Å². The van der Waals surface area contributed by atoms with Crippen molar-refractivity contribution in [1.29, 1.82) is 0 Å². The largest absolute Gasteiger partial charge is 0.483 e. The summed E-state index contributed by atoms with van der Waals surface area (Å²) in [6.07, 6.45) is -1.35. The quantitative estimate of drug-likeness (QED) is 0.303. The van der Waals surface area contributed by atoms with Crippen LogP contribution in [0.3, 0.4) is 0 Å². The minimum atomic E-state index is -4.60. The molecule has 2 aliphatic rings. The van der Waals surface area contributed by atoms with E-state index in [1.165, 1.54) is 24.4 Å². The van der Waals surface area contributed by atoms with Crippen LogP contribution in [0.4, 0.5) is 24.8 Å². The van der Waals surface area contributed by atoms with Crippen molar-refractivity contribution < 1.29 is 32.7 Å². The molecule has 2 aromatic heterocycles. The summed E-state index contributed by atoms with van der Waals surface area (Å²) in [5.74, 6) is 5.78. The van der Waals surface area contributed by atoms with Crippen LogP contribution in [0.5, 0.6) is 0 Å². The van der Waals surface area contributed by atoms with Gasteiger partial charge < -0.3 is 20.6 Å². The molecule has 10 nitrogen and oxygen atoms in total. The first-order valence-corrected chi connectivity index (χ1v) is 13.4. The molecule has 13 heteroatoms. The number of aromatic nitrogens is 2. The predicted octanol–water partition coefficient (Wildman–Crippen LogP) is 3.48. The first kappa shape index (κ1) is 31.1. The maximum atomic E-state index is 13.9. The van der Waals surface area contributed by atoms with Gasteiger partial charge >= 0.3 is 6.18 Å². The van der Waals surface area contributed by atoms with E-state index < -0.39 is 17.6 Å². The van der Waals surface area contributed by atoms with Crippen LogP contribution in [0.25, 0.3) is 0 Å². The predicted molar refractivity (Wildman–Crippen MR) is 152 cm³/mol. The maximum absolute atomic E-state index is 13.9. The van der Waals surface area contributed by atoms with Gasteiger partial charge in [-0.15, -0.1) is 0 Å². The summed E-state index contributed by atoms with van der Waals surface area (Å²) in [6, 6.07) is 8.65. The van der Waals surface area contributed by atoms with Crippen molar-refractivity contribution in [2.75, 3.05) is 43.4 Å². The number of nitrogens with zero attached hydrogens (tertiary/aromatic N) is 4. The van der Waals surface area contributed by atoms with Crippen molar-refractivity contribution in [3.63, 3.8) is 0 Å². The third kappa shape index (κ3) is 8.37. The summed E-state index contributed by atoms with van der Waals surface area (Å²) in [4.78, 5) is 45.3. The lowest BCUT2D eigenvalue weighted by atomic mass is 10.0. The standard InChI is InChI=1S/C29H27F3N6O2.CH2O2/c1-2-37-9-11-38(12-10-37)18-22-6-5-21(15-24(22)29(30,31)32)28(40)35-25-14-19(7-8-33-25)3-4-20-13-23-16-26(39)36-27(23)34-17-20;2-1-3/h5-8,13-15,17H,2,9-12,16,18H2,1H3,(H,33,35,40)(H,34,36,39);1H,(H,2,3). The smallest absolute Gasteiger partial charge is 0.416 e. The van der Waals surface area contributed by atoms with E-state index in [9.17, 15) is 22.8 Å². The maximum Gasteiger partial charge on any atom is 0.416 e. The van der Waals surface area contributed by atoms with Gasteiger partial charge in [-0.1, -0.05) is 24.8 Å². The molecule has 3 aromatic rings. The first-order valence-electron chi connectivity index (χ1n) is 13.4. The van der Waals surface area contributed by atoms with E-state index in [-0.39, 0.29) is 42.3 Å². The average molecular weight is 595 g/mol. The number of anilines is 2. The number of rotatable bonds is 5. The van der Waals surface area contributed by atoms with Crippen molar-refractivity contribution in [3.8, 4) is 11.8 Å². The number of benzene rings is 1. The summed E-state index contributed by atoms with van der Waals surface area (Å²) < 4.78 is 41.8. The Kier molecular flexibility index (Phi) is 10.1. The molecule has 2 amide bonds. The van der Waals surface area contributed by atoms with E-state index in [1.54, 1.807) is 18.3 Å². The molecule has 0 atom stereocenters. The van der Waals surface area contributed by atoms with Crippen LogP contribution >= 0.6 is 0 Å². The van der Waals surface area contributed by atoms with Crippen LogP contribution < -0.4 is 10.6 Å². The molecule has 0 saturated carbocycles. The number of carbonyl (C=O) groups excluding carboxylic acids is 2. The highest BCUT2D eigenvalue weighted by molar-refractivity contribution is 6.04. The normalized spacial score (nSPS) is 14.8. The highest BCUT2D eigenvalue weighted by atomic mass is 19.4. The summed E-state index contributed by atoms with van der Waals surface area (Å²) in [6.45, 7) is 5.92. The molecule has 0 unspecified atom stereocenters. The monoisotopic (exact) mass is 594 g/mol. The van der Waals surface area contributed by atoms with Gasteiger partial charge in [0.15, 0.2) is 0 Å². The van der Waals surface area contributed by atoms with E-state index in [2.05, 4.69) is 44.3 Å². The van der Waals surface area contributed by atoms with Gasteiger partial charge in [0.05, 0.1) is 12.0 Å². The van der Waals surface area contributed by atoms with Crippen LogP contribution in [0.15, 0.2) is 48.8 Å². The lowest BCUT2D eigenvalue weighted by Gasteiger charge is -2.34. The third-order valence-electron chi connectivity index (χ3n) is 6.91. The Bertz CT molecular complexity index is 1560. The minimum Gasteiger partial charge on any atom is -0.483 e. The molecule has 0 radical (unpaired) electrons. The van der Waals surface area contributed by atoms with Crippen LogP contribution in [0.1, 0.15) is 45.1 Å². The zero-order chi connectivity index (χ0) is 31.0. The van der Waals surface area contributed by atoms with Crippen LogP contribution in [-0.2, 0) is 28.7 Å². The molecule has 43 heavy (non-hydrogen) atoms. The second-order valence-electron chi connectivity index (χ2n) is 9.78. The lowest BCUT2D eigenvalue weighted by Crippen LogP contribution is -2.45. The van der Waals surface area contributed by atoms with Gasteiger partial charge in [-0.2, -0.15) is 13.2 Å². The number of hydrogen-bond acceptors (Lipinski definition) is 7. The second-order valence-corrected chi connectivity index (χ2v) is 9.78. The highest BCUT2D eigenvalue weighted by Crippen LogP contribution is 2.33. The molecule has 2 aliphatic heterocycles. The van der Waals surface area contributed by atoms with Crippen molar-refractivity contribution in [2.24, 2.45) is 0 Å². The fourth-order valence-electron chi connectivity index (χ4n) is 4.71. The van der Waals surface area contributed by atoms with Crippen LogP contribution in [-0.4, -0.2) is 75.9 Å². The Morgan fingerprint density at radius 2 is 1.77 bits per heavy atom. The van der Waals surface area contributed by atoms with E-state index in [4.69, 9.17) is 9.90 Å². The topological polar surface area (TPSA) is 128 Å². The summed E-state index contributed by atoms with van der Waals surface area (Å²) in [5, 5.41) is 12.1. The van der Waals surface area contributed by atoms with Crippen molar-refractivity contribution in [2.45, 2.75) is 26.1 Å². The van der Waals surface area contributed by atoms with Crippen LogP contribution in [0, 0.1) is 11.8 Å². The lowest BCUT2D eigenvalue weighted by molar-refractivity contribution is -0.138. The zero-order valence-corrected chi connectivity index (χ0v) is 23.2. The molecule has 4 heterocycles. The number of piperazine rings is 1. The summed E-state index contributed by atoms with van der Waals surface area (Å²) in [7, 11) is 0. The average Bonchev–Trinajstić information content (AvgIpc) is 3.36. The molecule has 0 spiro atoms. The summed E-state index contributed by atoms with van der Waals surface area (Å²) >= 11 is 0. The molecule has 1 saturated heterocycles.